The maximum absolute atomic E-state index is 10.4. The van der Waals surface area contributed by atoms with Crippen molar-refractivity contribution in [1.29, 1.82) is 0 Å². The minimum absolute atomic E-state index is 0.0217. The fourth-order valence-corrected chi connectivity index (χ4v) is 0.364. The first-order valence-corrected chi connectivity index (χ1v) is 2.73. The van der Waals surface area contributed by atoms with Crippen molar-refractivity contribution in [1.82, 2.24) is 0 Å². The first-order valence-electron chi connectivity index (χ1n) is 2.73. The highest BCUT2D eigenvalue weighted by Gasteiger charge is 2.04. The minimum atomic E-state index is -0.684. The lowest BCUT2D eigenvalue weighted by Crippen LogP contribution is -2.08. The van der Waals surface area contributed by atoms with E-state index < -0.39 is 11.9 Å². The number of hydrogen-bond donors (Lipinski definition) is 0. The van der Waals surface area contributed by atoms with Crippen LogP contribution in [0.3, 0.4) is 0 Å². The van der Waals surface area contributed by atoms with Crippen LogP contribution in [0.25, 0.3) is 0 Å². The fourth-order valence-electron chi connectivity index (χ4n) is 0.364. The molecule has 0 heterocycles. The Morgan fingerprint density at radius 3 is 2.50 bits per heavy atom. The predicted octanol–water partition coefficient (Wildman–Crippen LogP) is -0.0340. The summed E-state index contributed by atoms with van der Waals surface area (Å²) in [7, 11) is 0. The van der Waals surface area contributed by atoms with Crippen LogP contribution in [0.15, 0.2) is 0 Å². The Balaban J connectivity index is 3.43. The zero-order chi connectivity index (χ0) is 7.98. The van der Waals surface area contributed by atoms with Gasteiger partial charge in [-0.2, -0.15) is 0 Å². The molecule has 0 aliphatic carbocycles. The summed E-state index contributed by atoms with van der Waals surface area (Å²) in [5.41, 5.74) is 0. The van der Waals surface area contributed by atoms with Gasteiger partial charge in [0.15, 0.2) is 6.29 Å². The molecule has 0 aliphatic heterocycles. The number of carbonyl (C=O) groups is 2. The third-order valence-corrected chi connectivity index (χ3v) is 0.689. The Labute approximate surface area is 58.2 Å². The molecular formula is C6H7O4. The average Bonchev–Trinajstić information content (AvgIpc) is 1.82. The van der Waals surface area contributed by atoms with E-state index in [4.69, 9.17) is 0 Å². The summed E-state index contributed by atoms with van der Waals surface area (Å²) >= 11 is 0. The first-order chi connectivity index (χ1) is 4.66. The molecule has 0 amide bonds. The van der Waals surface area contributed by atoms with E-state index in [1.807, 2.05) is 0 Å². The van der Waals surface area contributed by atoms with Gasteiger partial charge in [-0.25, -0.2) is 0 Å². The Hall–Kier alpha value is -1.19. The molecule has 0 bridgehead atoms. The smallest absolute Gasteiger partial charge is 0.313 e. The van der Waals surface area contributed by atoms with Crippen molar-refractivity contribution in [2.75, 3.05) is 0 Å². The van der Waals surface area contributed by atoms with E-state index in [2.05, 4.69) is 4.74 Å². The van der Waals surface area contributed by atoms with Crippen LogP contribution in [0.4, 0.5) is 0 Å². The molecule has 0 rings (SSSR count). The van der Waals surface area contributed by atoms with Gasteiger partial charge in [0.05, 0.1) is 6.42 Å². The molecule has 10 heavy (non-hydrogen) atoms. The molecule has 0 saturated carbocycles. The molecule has 0 spiro atoms. The highest BCUT2D eigenvalue weighted by Crippen LogP contribution is 1.89. The molecule has 0 unspecified atom stereocenters. The van der Waals surface area contributed by atoms with Gasteiger partial charge in [-0.3, -0.25) is 14.4 Å². The molecule has 0 N–H and O–H groups in total. The van der Waals surface area contributed by atoms with Gasteiger partial charge >= 0.3 is 11.9 Å². The summed E-state index contributed by atoms with van der Waals surface area (Å²) in [6, 6.07) is 0. The lowest BCUT2D eigenvalue weighted by Gasteiger charge is -1.94. The van der Waals surface area contributed by atoms with E-state index in [1.54, 1.807) is 0 Å². The van der Waals surface area contributed by atoms with Crippen LogP contribution in [-0.4, -0.2) is 18.2 Å². The van der Waals surface area contributed by atoms with Gasteiger partial charge in [-0.1, -0.05) is 0 Å². The fraction of sp³-hybridized carbons (Fsp3) is 0.500. The van der Waals surface area contributed by atoms with Gasteiger partial charge in [0.25, 0.3) is 0 Å². The van der Waals surface area contributed by atoms with E-state index in [-0.39, 0.29) is 12.8 Å². The normalized spacial score (nSPS) is 8.50. The number of ether oxygens (including phenoxy) is 1. The van der Waals surface area contributed by atoms with Crippen molar-refractivity contribution in [3.63, 3.8) is 0 Å². The van der Waals surface area contributed by atoms with E-state index in [0.717, 1.165) is 6.92 Å². The molecule has 0 aromatic heterocycles. The first kappa shape index (κ1) is 8.81. The quantitative estimate of drug-likeness (QED) is 0.411. The summed E-state index contributed by atoms with van der Waals surface area (Å²) in [5, 5.41) is 0. The molecule has 55 valence electrons. The van der Waals surface area contributed by atoms with Crippen molar-refractivity contribution in [3.05, 3.63) is 0 Å². The van der Waals surface area contributed by atoms with Crippen molar-refractivity contribution < 1.29 is 19.1 Å². The molecular weight excluding hydrogens is 136 g/mol. The molecule has 0 fully saturated rings. The van der Waals surface area contributed by atoms with Crippen molar-refractivity contribution >= 4 is 18.2 Å². The van der Waals surface area contributed by atoms with Crippen LogP contribution in [-0.2, 0) is 19.1 Å². The van der Waals surface area contributed by atoms with Crippen molar-refractivity contribution in [2.45, 2.75) is 19.8 Å². The molecule has 4 nitrogen and oxygen atoms in total. The maximum atomic E-state index is 10.4. The summed E-state index contributed by atoms with van der Waals surface area (Å²) in [4.78, 5) is 30.0. The van der Waals surface area contributed by atoms with Crippen LogP contribution in [0.1, 0.15) is 19.8 Å². The van der Waals surface area contributed by atoms with Crippen molar-refractivity contribution in [3.8, 4) is 0 Å². The highest BCUT2D eigenvalue weighted by molar-refractivity contribution is 5.84. The molecule has 1 radical (unpaired) electrons. The van der Waals surface area contributed by atoms with E-state index in [9.17, 15) is 14.4 Å². The van der Waals surface area contributed by atoms with Gasteiger partial charge < -0.3 is 4.74 Å². The van der Waals surface area contributed by atoms with E-state index in [1.165, 1.54) is 6.29 Å². The largest absolute Gasteiger partial charge is 0.393 e. The predicted molar refractivity (Wildman–Crippen MR) is 31.7 cm³/mol. The van der Waals surface area contributed by atoms with Gasteiger partial charge in [-0.05, 0) is 0 Å². The molecule has 0 atom stereocenters. The second kappa shape index (κ2) is 4.67. The van der Waals surface area contributed by atoms with Crippen LogP contribution < -0.4 is 0 Å². The van der Waals surface area contributed by atoms with E-state index >= 15 is 0 Å². The molecule has 4 heteroatoms. The average molecular weight is 143 g/mol. The Morgan fingerprint density at radius 1 is 1.50 bits per heavy atom. The van der Waals surface area contributed by atoms with Gasteiger partial charge in [0.1, 0.15) is 0 Å². The van der Waals surface area contributed by atoms with Crippen LogP contribution >= 0.6 is 0 Å². The SMILES string of the molecule is CC(=O)OC(=O)CC[C]=O. The Morgan fingerprint density at radius 2 is 2.10 bits per heavy atom. The second-order valence-corrected chi connectivity index (χ2v) is 1.61. The summed E-state index contributed by atoms with van der Waals surface area (Å²) in [6.07, 6.45) is 1.41. The third-order valence-electron chi connectivity index (χ3n) is 0.689. The van der Waals surface area contributed by atoms with Gasteiger partial charge in [0.2, 0.25) is 0 Å². The second-order valence-electron chi connectivity index (χ2n) is 1.61. The monoisotopic (exact) mass is 143 g/mol. The summed E-state index contributed by atoms with van der Waals surface area (Å²) in [6.45, 7) is 1.13. The minimum Gasteiger partial charge on any atom is -0.393 e. The van der Waals surface area contributed by atoms with Crippen molar-refractivity contribution in [2.24, 2.45) is 0 Å². The van der Waals surface area contributed by atoms with Gasteiger partial charge in [-0.15, -0.1) is 0 Å². The summed E-state index contributed by atoms with van der Waals surface area (Å²) in [5.74, 6) is -1.34. The zero-order valence-electron chi connectivity index (χ0n) is 5.55. The van der Waals surface area contributed by atoms with Crippen LogP contribution in [0.5, 0.6) is 0 Å². The number of rotatable bonds is 3. The van der Waals surface area contributed by atoms with Crippen LogP contribution in [0.2, 0.25) is 0 Å². The maximum Gasteiger partial charge on any atom is 0.313 e. The Kier molecular flexibility index (Phi) is 4.11. The number of hydrogen-bond acceptors (Lipinski definition) is 4. The topological polar surface area (TPSA) is 60.4 Å². The lowest BCUT2D eigenvalue weighted by atomic mass is 10.3. The molecule has 0 aromatic rings. The van der Waals surface area contributed by atoms with E-state index in [0.29, 0.717) is 0 Å². The number of carbonyl (C=O) groups excluding carboxylic acids is 3. The Bertz CT molecular complexity index is 150. The lowest BCUT2D eigenvalue weighted by molar-refractivity contribution is -0.157. The zero-order valence-corrected chi connectivity index (χ0v) is 5.55. The molecule has 0 aliphatic rings. The summed E-state index contributed by atoms with van der Waals surface area (Å²) < 4.78 is 4.10. The van der Waals surface area contributed by atoms with Crippen LogP contribution in [0, 0.1) is 0 Å². The molecule has 0 saturated heterocycles. The standard InChI is InChI=1S/C6H7O4/c1-5(8)10-6(9)3-2-4-7/h2-3H2,1H3. The van der Waals surface area contributed by atoms with Gasteiger partial charge in [0, 0.05) is 13.3 Å². The highest BCUT2D eigenvalue weighted by atomic mass is 16.6. The number of esters is 2. The molecule has 0 aromatic carbocycles. The third kappa shape index (κ3) is 4.96.